The molecular formula is C9H8NO4S-. The summed E-state index contributed by atoms with van der Waals surface area (Å²) >= 11 is -2.55. The van der Waals surface area contributed by atoms with Crippen molar-refractivity contribution in [2.75, 3.05) is 4.72 Å². The van der Waals surface area contributed by atoms with Crippen molar-refractivity contribution in [3.63, 3.8) is 0 Å². The summed E-state index contributed by atoms with van der Waals surface area (Å²) in [4.78, 5) is 10.7. The molecule has 15 heavy (non-hydrogen) atoms. The molecule has 0 saturated heterocycles. The van der Waals surface area contributed by atoms with Crippen molar-refractivity contribution in [3.8, 4) is 0 Å². The second-order valence-corrected chi connectivity index (χ2v) is 3.32. The fourth-order valence-corrected chi connectivity index (χ4v) is 1.40. The van der Waals surface area contributed by atoms with E-state index in [2.05, 4.69) is 6.58 Å². The maximum atomic E-state index is 10.7. The summed E-state index contributed by atoms with van der Waals surface area (Å²) in [5.41, 5.74) is 0.547. The van der Waals surface area contributed by atoms with Gasteiger partial charge in [0.05, 0.1) is 11.3 Å². The summed E-state index contributed by atoms with van der Waals surface area (Å²) in [6.45, 7) is 3.50. The van der Waals surface area contributed by atoms with E-state index in [9.17, 15) is 13.6 Å². The van der Waals surface area contributed by atoms with Gasteiger partial charge < -0.3 is 14.4 Å². The Balaban J connectivity index is 3.21. The molecule has 0 saturated carbocycles. The van der Waals surface area contributed by atoms with Crippen molar-refractivity contribution in [3.05, 3.63) is 35.9 Å². The van der Waals surface area contributed by atoms with Gasteiger partial charge in [-0.25, -0.2) is 4.79 Å². The molecule has 80 valence electrons. The Morgan fingerprint density at radius 1 is 1.60 bits per heavy atom. The SMILES string of the molecule is C=Cc1ccc(C(=O)O)c(NS(=O)[O-])c1. The molecule has 2 N–H and O–H groups in total. The Morgan fingerprint density at radius 3 is 2.73 bits per heavy atom. The van der Waals surface area contributed by atoms with Crippen LogP contribution in [0.1, 0.15) is 15.9 Å². The van der Waals surface area contributed by atoms with Crippen LogP contribution in [0.2, 0.25) is 0 Å². The van der Waals surface area contributed by atoms with Gasteiger partial charge in [0.25, 0.3) is 0 Å². The molecule has 0 aromatic heterocycles. The summed E-state index contributed by atoms with van der Waals surface area (Å²) < 4.78 is 22.8. The third-order valence-corrected chi connectivity index (χ3v) is 2.09. The van der Waals surface area contributed by atoms with E-state index in [0.29, 0.717) is 5.56 Å². The zero-order valence-corrected chi connectivity index (χ0v) is 8.41. The van der Waals surface area contributed by atoms with E-state index in [-0.39, 0.29) is 11.3 Å². The summed E-state index contributed by atoms with van der Waals surface area (Å²) in [5, 5.41) is 8.78. The number of carboxylic acid groups (broad SMARTS) is 1. The largest absolute Gasteiger partial charge is 0.755 e. The van der Waals surface area contributed by atoms with Gasteiger partial charge in [-0.15, -0.1) is 0 Å². The summed E-state index contributed by atoms with van der Waals surface area (Å²) in [7, 11) is 0. The molecule has 0 amide bonds. The zero-order valence-electron chi connectivity index (χ0n) is 7.60. The lowest BCUT2D eigenvalue weighted by molar-refractivity contribution is 0.0698. The fraction of sp³-hybridized carbons (Fsp3) is 0. The predicted octanol–water partition coefficient (Wildman–Crippen LogP) is 1.23. The van der Waals surface area contributed by atoms with Crippen LogP contribution in [0.25, 0.3) is 6.08 Å². The number of carbonyl (C=O) groups is 1. The van der Waals surface area contributed by atoms with Crippen molar-refractivity contribution in [2.45, 2.75) is 0 Å². The zero-order chi connectivity index (χ0) is 11.4. The molecule has 0 aliphatic heterocycles. The number of anilines is 1. The van der Waals surface area contributed by atoms with Gasteiger partial charge in [0.2, 0.25) is 0 Å². The number of hydrogen-bond donors (Lipinski definition) is 2. The average molecular weight is 226 g/mol. The lowest BCUT2D eigenvalue weighted by Gasteiger charge is -2.11. The van der Waals surface area contributed by atoms with Gasteiger partial charge in [-0.1, -0.05) is 18.7 Å². The highest BCUT2D eigenvalue weighted by molar-refractivity contribution is 7.80. The number of aromatic carboxylic acids is 1. The van der Waals surface area contributed by atoms with Crippen molar-refractivity contribution in [1.29, 1.82) is 0 Å². The Bertz CT molecular complexity index is 430. The highest BCUT2D eigenvalue weighted by Crippen LogP contribution is 2.18. The first kappa shape index (κ1) is 11.4. The van der Waals surface area contributed by atoms with E-state index in [1.807, 2.05) is 4.72 Å². The van der Waals surface area contributed by atoms with Gasteiger partial charge in [-0.2, -0.15) is 0 Å². The quantitative estimate of drug-likeness (QED) is 0.755. The minimum absolute atomic E-state index is 0.0215. The van der Waals surface area contributed by atoms with Crippen LogP contribution in [0, 0.1) is 0 Å². The van der Waals surface area contributed by atoms with Crippen molar-refractivity contribution < 1.29 is 18.7 Å². The summed E-state index contributed by atoms with van der Waals surface area (Å²) in [6.07, 6.45) is 1.49. The maximum absolute atomic E-state index is 10.7. The number of rotatable bonds is 4. The molecule has 0 fully saturated rings. The Morgan fingerprint density at radius 2 is 2.27 bits per heavy atom. The molecule has 1 aromatic carbocycles. The summed E-state index contributed by atoms with van der Waals surface area (Å²) in [6, 6.07) is 4.25. The first-order chi connectivity index (χ1) is 7.04. The molecule has 0 aliphatic carbocycles. The van der Waals surface area contributed by atoms with Crippen molar-refractivity contribution in [1.82, 2.24) is 0 Å². The normalized spacial score (nSPS) is 11.8. The molecule has 5 nitrogen and oxygen atoms in total. The number of benzene rings is 1. The number of hydrogen-bond acceptors (Lipinski definition) is 3. The van der Waals surface area contributed by atoms with Crippen LogP contribution in [0.4, 0.5) is 5.69 Å². The van der Waals surface area contributed by atoms with Gasteiger partial charge >= 0.3 is 5.97 Å². The van der Waals surface area contributed by atoms with Crippen LogP contribution in [-0.4, -0.2) is 19.8 Å². The van der Waals surface area contributed by atoms with Gasteiger partial charge in [-0.3, -0.25) is 4.21 Å². The van der Waals surface area contributed by atoms with Crippen LogP contribution >= 0.6 is 0 Å². The van der Waals surface area contributed by atoms with E-state index in [0.717, 1.165) is 0 Å². The molecule has 0 radical (unpaired) electrons. The van der Waals surface area contributed by atoms with Gasteiger partial charge in [-0.05, 0) is 17.7 Å². The van der Waals surface area contributed by atoms with Crippen LogP contribution < -0.4 is 4.72 Å². The van der Waals surface area contributed by atoms with Crippen LogP contribution in [0.3, 0.4) is 0 Å². The topological polar surface area (TPSA) is 89.5 Å². The second-order valence-electron chi connectivity index (χ2n) is 2.65. The Labute approximate surface area is 88.9 Å². The van der Waals surface area contributed by atoms with Crippen LogP contribution in [-0.2, 0) is 11.3 Å². The van der Waals surface area contributed by atoms with E-state index in [1.54, 1.807) is 0 Å². The van der Waals surface area contributed by atoms with E-state index in [4.69, 9.17) is 5.11 Å². The van der Waals surface area contributed by atoms with Crippen LogP contribution in [0.5, 0.6) is 0 Å². The Hall–Kier alpha value is -1.66. The summed E-state index contributed by atoms with van der Waals surface area (Å²) in [5.74, 6) is -1.20. The highest BCUT2D eigenvalue weighted by Gasteiger charge is 2.09. The highest BCUT2D eigenvalue weighted by atomic mass is 32.2. The first-order valence-corrected chi connectivity index (χ1v) is 4.98. The maximum Gasteiger partial charge on any atom is 0.337 e. The molecule has 1 rings (SSSR count). The molecular weight excluding hydrogens is 218 g/mol. The minimum atomic E-state index is -2.55. The number of carboxylic acids is 1. The van der Waals surface area contributed by atoms with Crippen LogP contribution in [0.15, 0.2) is 24.8 Å². The second kappa shape index (κ2) is 4.72. The molecule has 1 atom stereocenters. The Kier molecular flexibility index (Phi) is 3.59. The smallest absolute Gasteiger partial charge is 0.337 e. The fourth-order valence-electron chi connectivity index (χ4n) is 1.05. The van der Waals surface area contributed by atoms with E-state index in [1.165, 1.54) is 24.3 Å². The molecule has 6 heteroatoms. The molecule has 0 heterocycles. The first-order valence-electron chi connectivity index (χ1n) is 3.90. The molecule has 0 aliphatic rings. The minimum Gasteiger partial charge on any atom is -0.755 e. The number of nitrogens with one attached hydrogen (secondary N) is 1. The molecule has 1 aromatic rings. The third kappa shape index (κ3) is 2.90. The molecule has 1 unspecified atom stereocenters. The lowest BCUT2D eigenvalue weighted by Crippen LogP contribution is -2.08. The van der Waals surface area contributed by atoms with Gasteiger partial charge in [0.15, 0.2) is 0 Å². The average Bonchev–Trinajstić information content (AvgIpc) is 2.16. The van der Waals surface area contributed by atoms with Crippen molar-refractivity contribution >= 4 is 29.0 Å². The van der Waals surface area contributed by atoms with Gasteiger partial charge in [0, 0.05) is 11.3 Å². The lowest BCUT2D eigenvalue weighted by atomic mass is 10.1. The van der Waals surface area contributed by atoms with E-state index >= 15 is 0 Å². The van der Waals surface area contributed by atoms with Gasteiger partial charge in [0.1, 0.15) is 0 Å². The standard InChI is InChI=1S/C9H9NO4S/c1-2-6-3-4-7(9(11)12)8(5-6)10-15(13)14/h2-5,10H,1H2,(H,11,12)(H,13,14)/p-1. The predicted molar refractivity (Wildman–Crippen MR) is 56.0 cm³/mol. The molecule has 0 spiro atoms. The third-order valence-electron chi connectivity index (χ3n) is 1.70. The molecule has 0 bridgehead atoms. The van der Waals surface area contributed by atoms with Crippen molar-refractivity contribution in [2.24, 2.45) is 0 Å². The van der Waals surface area contributed by atoms with E-state index < -0.39 is 17.2 Å². The monoisotopic (exact) mass is 226 g/mol.